The van der Waals surface area contributed by atoms with Gasteiger partial charge in [-0.25, -0.2) is 4.98 Å². The Balaban J connectivity index is 1.24. The quantitative estimate of drug-likeness (QED) is 0.0879. The lowest BCUT2D eigenvalue weighted by Gasteiger charge is -2.21. The average molecular weight is 760 g/mol. The monoisotopic (exact) mass is 759 g/mol. The van der Waals surface area contributed by atoms with Gasteiger partial charge in [0.2, 0.25) is 23.2 Å². The zero-order valence-electron chi connectivity index (χ0n) is 31.2. The molecule has 5 N–H and O–H groups in total. The van der Waals surface area contributed by atoms with E-state index in [0.29, 0.717) is 34.1 Å². The maximum atomic E-state index is 11.3. The summed E-state index contributed by atoms with van der Waals surface area (Å²) in [5.41, 5.74) is 8.70. The van der Waals surface area contributed by atoms with Crippen LogP contribution >= 0.6 is 0 Å². The van der Waals surface area contributed by atoms with Crippen LogP contribution in [-0.2, 0) is 5.41 Å². The minimum Gasteiger partial charge on any atom is -0.503 e. The second-order valence-electron chi connectivity index (χ2n) is 15.2. The van der Waals surface area contributed by atoms with E-state index in [1.807, 2.05) is 95.6 Å². The van der Waals surface area contributed by atoms with E-state index >= 15 is 0 Å². The number of phenols is 5. The molecule has 3 heterocycles. The summed E-state index contributed by atoms with van der Waals surface area (Å²) >= 11 is 0. The van der Waals surface area contributed by atoms with E-state index in [0.717, 1.165) is 43.8 Å². The number of phenolic OH excluding ortho intramolecular Hbond substituents is 5. The first-order valence-electron chi connectivity index (χ1n) is 18.8. The van der Waals surface area contributed by atoms with Crippen LogP contribution in [0.5, 0.6) is 28.7 Å². The van der Waals surface area contributed by atoms with Gasteiger partial charge in [0.15, 0.2) is 23.1 Å². The Bertz CT molecular complexity index is 3360. The van der Waals surface area contributed by atoms with E-state index in [9.17, 15) is 25.5 Å². The highest BCUT2D eigenvalue weighted by molar-refractivity contribution is 6.26. The first kappa shape index (κ1) is 33.5. The standard InChI is InChI=1S/C48H33N5O5/c1-48(2)32-17-9-6-14-27(32)31-24-26(20-22-33(31)48)46-49-45(25-12-4-3-5-13-25)50-47(51-46)52-35-19-11-8-16-30(35)37-36(52)23-21-29-28-15-7-10-18-34(28)53(38(29)37)39-40(54)42(56)44(58)43(57)41(39)55/h3-24,54-58H,1-2H3. The van der Waals surface area contributed by atoms with Gasteiger partial charge in [0, 0.05) is 38.1 Å². The van der Waals surface area contributed by atoms with Crippen molar-refractivity contribution < 1.29 is 25.5 Å². The Hall–Kier alpha value is -7.85. The number of hydrogen-bond acceptors (Lipinski definition) is 8. The Kier molecular flexibility index (Phi) is 6.83. The molecule has 0 bridgehead atoms. The third-order valence-electron chi connectivity index (χ3n) is 11.7. The summed E-state index contributed by atoms with van der Waals surface area (Å²) in [5, 5.41) is 57.6. The summed E-state index contributed by atoms with van der Waals surface area (Å²) < 4.78 is 3.59. The van der Waals surface area contributed by atoms with Crippen molar-refractivity contribution in [2.45, 2.75) is 19.3 Å². The summed E-state index contributed by atoms with van der Waals surface area (Å²) in [6.45, 7) is 4.50. The van der Waals surface area contributed by atoms with Crippen LogP contribution in [-0.4, -0.2) is 49.6 Å². The van der Waals surface area contributed by atoms with Gasteiger partial charge in [-0.15, -0.1) is 0 Å². The highest BCUT2D eigenvalue weighted by Crippen LogP contribution is 2.55. The van der Waals surface area contributed by atoms with Gasteiger partial charge in [-0.2, -0.15) is 9.97 Å². The molecule has 3 aromatic heterocycles. The van der Waals surface area contributed by atoms with Gasteiger partial charge in [-0.05, 0) is 46.5 Å². The van der Waals surface area contributed by atoms with Crippen LogP contribution in [0, 0.1) is 0 Å². The fourth-order valence-electron chi connectivity index (χ4n) is 9.01. The Labute approximate surface area is 330 Å². The van der Waals surface area contributed by atoms with Crippen LogP contribution in [0.1, 0.15) is 25.0 Å². The fraction of sp³-hybridized carbons (Fsp3) is 0.0625. The molecule has 0 amide bonds. The van der Waals surface area contributed by atoms with Gasteiger partial charge in [-0.1, -0.05) is 123 Å². The van der Waals surface area contributed by atoms with Crippen LogP contribution in [0.2, 0.25) is 0 Å². The summed E-state index contributed by atoms with van der Waals surface area (Å²) in [6, 6.07) is 44.0. The van der Waals surface area contributed by atoms with Crippen molar-refractivity contribution >= 4 is 43.6 Å². The number of rotatable bonds is 4. The number of aromatic nitrogens is 5. The van der Waals surface area contributed by atoms with Gasteiger partial charge < -0.3 is 30.1 Å². The van der Waals surface area contributed by atoms with E-state index in [1.54, 1.807) is 4.57 Å². The molecule has 0 aliphatic heterocycles. The Morgan fingerprint density at radius 1 is 0.448 bits per heavy atom. The number of nitrogens with zero attached hydrogens (tertiary/aromatic N) is 5. The van der Waals surface area contributed by atoms with Gasteiger partial charge >= 0.3 is 0 Å². The van der Waals surface area contributed by atoms with Crippen LogP contribution in [0.15, 0.2) is 133 Å². The molecule has 58 heavy (non-hydrogen) atoms. The lowest BCUT2D eigenvalue weighted by atomic mass is 9.82. The van der Waals surface area contributed by atoms with Crippen LogP contribution < -0.4 is 0 Å². The zero-order valence-corrected chi connectivity index (χ0v) is 31.2. The van der Waals surface area contributed by atoms with Crippen molar-refractivity contribution in [2.24, 2.45) is 0 Å². The first-order chi connectivity index (χ1) is 28.1. The van der Waals surface area contributed by atoms with E-state index in [2.05, 4.69) is 56.3 Å². The largest absolute Gasteiger partial charge is 0.503 e. The molecule has 10 nitrogen and oxygen atoms in total. The van der Waals surface area contributed by atoms with Crippen molar-refractivity contribution in [3.05, 3.63) is 145 Å². The number of fused-ring (bicyclic) bond motifs is 10. The number of aromatic hydroxyl groups is 5. The molecule has 0 saturated heterocycles. The lowest BCUT2D eigenvalue weighted by molar-refractivity contribution is 0.327. The molecule has 280 valence electrons. The summed E-state index contributed by atoms with van der Waals surface area (Å²) in [7, 11) is 0. The van der Waals surface area contributed by atoms with Crippen molar-refractivity contribution in [1.82, 2.24) is 24.1 Å². The molecule has 0 unspecified atom stereocenters. The zero-order chi connectivity index (χ0) is 39.6. The Morgan fingerprint density at radius 2 is 1.03 bits per heavy atom. The maximum absolute atomic E-state index is 11.3. The van der Waals surface area contributed by atoms with E-state index in [-0.39, 0.29) is 11.1 Å². The first-order valence-corrected chi connectivity index (χ1v) is 18.8. The molecule has 0 spiro atoms. The Morgan fingerprint density at radius 3 is 1.78 bits per heavy atom. The molecule has 11 rings (SSSR count). The molecule has 7 aromatic carbocycles. The molecular formula is C48H33N5O5. The van der Waals surface area contributed by atoms with Crippen LogP contribution in [0.25, 0.3) is 89.2 Å². The smallest absolute Gasteiger partial charge is 0.238 e. The van der Waals surface area contributed by atoms with Crippen LogP contribution in [0.4, 0.5) is 0 Å². The van der Waals surface area contributed by atoms with Crippen molar-refractivity contribution in [3.63, 3.8) is 0 Å². The molecule has 0 atom stereocenters. The molecule has 1 aliphatic rings. The average Bonchev–Trinajstić information content (AvgIpc) is 3.85. The maximum Gasteiger partial charge on any atom is 0.238 e. The number of hydrogen-bond donors (Lipinski definition) is 5. The van der Waals surface area contributed by atoms with Crippen LogP contribution in [0.3, 0.4) is 0 Å². The van der Waals surface area contributed by atoms with Gasteiger partial charge in [0.1, 0.15) is 5.69 Å². The molecule has 10 aromatic rings. The molecule has 0 radical (unpaired) electrons. The SMILES string of the molecule is CC1(C)c2ccccc2-c2cc(-c3nc(-c4ccccc4)nc(-n4c5ccccc5c5c4ccc4c6ccccc6n(-c6c(O)c(O)c(O)c(O)c6O)c45)n3)ccc21. The second-order valence-corrected chi connectivity index (χ2v) is 15.2. The minimum absolute atomic E-state index is 0.161. The molecule has 1 aliphatic carbocycles. The minimum atomic E-state index is -1.03. The predicted molar refractivity (Wildman–Crippen MR) is 225 cm³/mol. The second kappa shape index (κ2) is 11.8. The highest BCUT2D eigenvalue weighted by Gasteiger charge is 2.35. The van der Waals surface area contributed by atoms with Gasteiger partial charge in [0.05, 0.1) is 22.1 Å². The normalized spacial score (nSPS) is 13.1. The fourth-order valence-corrected chi connectivity index (χ4v) is 9.01. The van der Waals surface area contributed by atoms with Crippen molar-refractivity contribution in [3.8, 4) is 74.3 Å². The third kappa shape index (κ3) is 4.45. The topological polar surface area (TPSA) is 150 Å². The van der Waals surface area contributed by atoms with Gasteiger partial charge in [0.25, 0.3) is 0 Å². The predicted octanol–water partition coefficient (Wildman–Crippen LogP) is 10.2. The number of para-hydroxylation sites is 2. The van der Waals surface area contributed by atoms with E-state index in [1.165, 1.54) is 16.7 Å². The van der Waals surface area contributed by atoms with Gasteiger partial charge in [-0.3, -0.25) is 4.57 Å². The summed E-state index contributed by atoms with van der Waals surface area (Å²) in [5.74, 6) is -3.18. The molecule has 0 fully saturated rings. The van der Waals surface area contributed by atoms with E-state index in [4.69, 9.17) is 15.0 Å². The number of benzene rings is 7. The highest BCUT2D eigenvalue weighted by atomic mass is 16.4. The molecular weight excluding hydrogens is 727 g/mol. The summed E-state index contributed by atoms with van der Waals surface area (Å²) in [4.78, 5) is 15.4. The van der Waals surface area contributed by atoms with Crippen molar-refractivity contribution in [1.29, 1.82) is 0 Å². The third-order valence-corrected chi connectivity index (χ3v) is 11.7. The molecule has 10 heteroatoms. The van der Waals surface area contributed by atoms with Crippen molar-refractivity contribution in [2.75, 3.05) is 0 Å². The molecule has 0 saturated carbocycles. The van der Waals surface area contributed by atoms with E-state index < -0.39 is 28.7 Å². The summed E-state index contributed by atoms with van der Waals surface area (Å²) in [6.07, 6.45) is 0. The lowest BCUT2D eigenvalue weighted by Crippen LogP contribution is -2.14.